The van der Waals surface area contributed by atoms with Gasteiger partial charge in [-0.3, -0.25) is 0 Å². The van der Waals surface area contributed by atoms with Gasteiger partial charge in [-0.1, -0.05) is 111 Å². The second-order valence-corrected chi connectivity index (χ2v) is 17.3. The summed E-state index contributed by atoms with van der Waals surface area (Å²) in [6, 6.07) is 43.4. The number of fused-ring (bicyclic) bond motifs is 3. The van der Waals surface area contributed by atoms with Gasteiger partial charge in [-0.05, 0) is 51.1 Å². The van der Waals surface area contributed by atoms with Crippen LogP contribution in [0.4, 0.5) is 0 Å². The first-order valence-corrected chi connectivity index (χ1v) is 18.4. The van der Waals surface area contributed by atoms with Crippen LogP contribution in [-0.4, -0.2) is 18.0 Å². The number of hydrogen-bond acceptors (Lipinski definition) is 3. The third kappa shape index (κ3) is 7.40. The minimum Gasteiger partial charge on any atom is -0.477 e. The van der Waals surface area contributed by atoms with Gasteiger partial charge in [-0.15, -0.1) is 53.6 Å². The van der Waals surface area contributed by atoms with Crippen molar-refractivity contribution >= 4 is 35.2 Å². The molecule has 0 aliphatic rings. The zero-order valence-electron chi connectivity index (χ0n) is 27.2. The van der Waals surface area contributed by atoms with Crippen LogP contribution < -0.4 is 5.19 Å². The van der Waals surface area contributed by atoms with E-state index in [-0.39, 0.29) is 20.1 Å². The van der Waals surface area contributed by atoms with Crippen molar-refractivity contribution in [1.29, 1.82) is 0 Å². The molecular formula is C40H36IrN2OSi-2. The molecule has 5 heteroatoms. The summed E-state index contributed by atoms with van der Waals surface area (Å²) in [5.41, 5.74) is 8.57. The molecule has 0 spiro atoms. The van der Waals surface area contributed by atoms with E-state index < -0.39 is 14.0 Å². The van der Waals surface area contributed by atoms with Crippen LogP contribution in [0, 0.1) is 12.1 Å². The Labute approximate surface area is 282 Å². The quantitative estimate of drug-likeness (QED) is 0.129. The van der Waals surface area contributed by atoms with Crippen molar-refractivity contribution in [3.05, 3.63) is 139 Å². The van der Waals surface area contributed by atoms with Crippen molar-refractivity contribution in [2.45, 2.75) is 39.4 Å². The first kappa shape index (κ1) is 30.9. The molecule has 0 unspecified atom stereocenters. The van der Waals surface area contributed by atoms with Gasteiger partial charge in [0.25, 0.3) is 0 Å². The maximum atomic E-state index is 8.27. The molecule has 3 nitrogen and oxygen atoms in total. The average Bonchev–Trinajstić information content (AvgIpc) is 3.42. The monoisotopic (exact) mass is 782 g/mol. The van der Waals surface area contributed by atoms with Crippen LogP contribution in [0.1, 0.15) is 26.7 Å². The zero-order valence-corrected chi connectivity index (χ0v) is 29.6. The second kappa shape index (κ2) is 13.9. The number of benzene rings is 4. The Kier molecular flexibility index (Phi) is 9.51. The maximum Gasteiger partial charge on any atom is 0.123 e. The fraction of sp³-hybridized carbons (Fsp3) is 0.150. The van der Waals surface area contributed by atoms with Crippen molar-refractivity contribution in [3.63, 3.8) is 0 Å². The summed E-state index contributed by atoms with van der Waals surface area (Å²) in [6.07, 6.45) is 3.77. The van der Waals surface area contributed by atoms with E-state index in [1.807, 2.05) is 86.8 Å². The third-order valence-corrected chi connectivity index (χ3v) is 9.75. The largest absolute Gasteiger partial charge is 0.477 e. The second-order valence-electron chi connectivity index (χ2n) is 12.2. The summed E-state index contributed by atoms with van der Waals surface area (Å²) in [4.78, 5) is 9.00. The molecule has 0 saturated carbocycles. The molecule has 0 saturated heterocycles. The van der Waals surface area contributed by atoms with E-state index in [0.29, 0.717) is 0 Å². The number of nitrogens with zero attached hydrogens (tertiary/aromatic N) is 2. The van der Waals surface area contributed by atoms with Gasteiger partial charge in [-0.25, -0.2) is 0 Å². The molecule has 3 heterocycles. The fourth-order valence-corrected chi connectivity index (χ4v) is 6.14. The molecule has 45 heavy (non-hydrogen) atoms. The summed E-state index contributed by atoms with van der Waals surface area (Å²) in [6.45, 7) is 10.8. The van der Waals surface area contributed by atoms with Crippen LogP contribution in [0.25, 0.3) is 55.6 Å². The predicted molar refractivity (Wildman–Crippen MR) is 187 cm³/mol. The predicted octanol–water partition coefficient (Wildman–Crippen LogP) is 10.3. The molecule has 4 aromatic carbocycles. The van der Waals surface area contributed by atoms with Crippen molar-refractivity contribution in [3.8, 4) is 33.6 Å². The number of rotatable bonds is 5. The molecule has 227 valence electrons. The van der Waals surface area contributed by atoms with E-state index in [0.717, 1.165) is 55.6 Å². The maximum absolute atomic E-state index is 8.27. The van der Waals surface area contributed by atoms with Crippen LogP contribution >= 0.6 is 0 Å². The molecule has 7 rings (SSSR count). The Morgan fingerprint density at radius 1 is 0.733 bits per heavy atom. The molecule has 0 aliphatic heterocycles. The molecule has 7 aromatic rings. The van der Waals surface area contributed by atoms with Gasteiger partial charge in [0.05, 0.1) is 13.7 Å². The topological polar surface area (TPSA) is 38.9 Å². The van der Waals surface area contributed by atoms with Crippen LogP contribution in [-0.2, 0) is 20.1 Å². The first-order valence-electron chi connectivity index (χ1n) is 15.4. The fourth-order valence-electron chi connectivity index (χ4n) is 5.10. The van der Waals surface area contributed by atoms with Crippen LogP contribution in [0.15, 0.2) is 126 Å². The summed E-state index contributed by atoms with van der Waals surface area (Å²) in [7, 11) is -1.23. The molecule has 0 atom stereocenters. The molecule has 0 amide bonds. The Hall–Kier alpha value is -4.15. The number of hydrogen-bond donors (Lipinski definition) is 0. The minimum atomic E-state index is -1.23. The van der Waals surface area contributed by atoms with E-state index >= 15 is 0 Å². The van der Waals surface area contributed by atoms with Crippen molar-refractivity contribution in [2.24, 2.45) is 0 Å². The van der Waals surface area contributed by atoms with Crippen molar-refractivity contribution < 1.29 is 25.9 Å². The van der Waals surface area contributed by atoms with Gasteiger partial charge in [0.1, 0.15) is 5.58 Å². The smallest absolute Gasteiger partial charge is 0.123 e. The Morgan fingerprint density at radius 3 is 2.22 bits per heavy atom. The standard InChI is InChI=1S/C26H20NO.C14H16NSi.Ir/c1-17(2)19-12-13-27-24(15-19)21-8-10-22-23-14-20(18-6-4-3-5-7-18)9-11-25(23)28-26(22)16-21;1-16(2,3)13-9-10-14(15-11-13)12-7-5-4-6-8-12;/h3-15,17H,1-2H3;4-7,9-11H,1-3H3;/q2*-1;/i17D;;. The third-order valence-electron chi connectivity index (χ3n) is 7.73. The summed E-state index contributed by atoms with van der Waals surface area (Å²) in [5, 5.41) is 3.52. The number of furan rings is 1. The van der Waals surface area contributed by atoms with Gasteiger partial charge in [-0.2, -0.15) is 0 Å². The normalized spacial score (nSPS) is 11.8. The summed E-state index contributed by atoms with van der Waals surface area (Å²) < 4.78 is 14.4. The van der Waals surface area contributed by atoms with E-state index in [2.05, 4.69) is 84.2 Å². The van der Waals surface area contributed by atoms with Crippen LogP contribution in [0.5, 0.6) is 0 Å². The molecule has 1 radical (unpaired) electrons. The average molecular weight is 782 g/mol. The summed E-state index contributed by atoms with van der Waals surface area (Å²) in [5.74, 6) is -0.672. The molecule has 3 aromatic heterocycles. The molecular weight excluding hydrogens is 745 g/mol. The van der Waals surface area contributed by atoms with E-state index in [1.165, 1.54) is 10.8 Å². The first-order chi connectivity index (χ1) is 21.6. The summed E-state index contributed by atoms with van der Waals surface area (Å²) >= 11 is 0. The van der Waals surface area contributed by atoms with E-state index in [9.17, 15) is 0 Å². The SMILES string of the molecule is C[Si](C)(C)c1ccc(-c2[c-]cccc2)nc1.[2H]C(C)(C)c1ccnc(-c2[c-]c3oc4ccc(-c5ccccc5)cc4c3cc2)c1.[Ir]. The molecule has 0 N–H and O–H groups in total. The van der Waals surface area contributed by atoms with Crippen LogP contribution in [0.3, 0.4) is 0 Å². The van der Waals surface area contributed by atoms with Gasteiger partial charge in [0, 0.05) is 33.9 Å². The van der Waals surface area contributed by atoms with E-state index in [4.69, 9.17) is 5.79 Å². The molecule has 0 fully saturated rings. The van der Waals surface area contributed by atoms with Gasteiger partial charge in [0.15, 0.2) is 0 Å². The van der Waals surface area contributed by atoms with Gasteiger partial charge in [0.2, 0.25) is 0 Å². The van der Waals surface area contributed by atoms with Crippen molar-refractivity contribution in [1.82, 2.24) is 9.97 Å². The van der Waals surface area contributed by atoms with Gasteiger partial charge >= 0.3 is 0 Å². The number of aromatic nitrogens is 2. The van der Waals surface area contributed by atoms with E-state index in [1.54, 1.807) is 6.20 Å². The Bertz CT molecular complexity index is 2060. The molecule has 0 bridgehead atoms. The van der Waals surface area contributed by atoms with Crippen LogP contribution in [0.2, 0.25) is 19.6 Å². The molecule has 0 aliphatic carbocycles. The minimum absolute atomic E-state index is 0. The Balaban J connectivity index is 0.000000209. The van der Waals surface area contributed by atoms with Gasteiger partial charge < -0.3 is 14.4 Å². The number of pyridine rings is 2. The van der Waals surface area contributed by atoms with Crippen molar-refractivity contribution in [2.75, 3.05) is 0 Å². The Morgan fingerprint density at radius 2 is 1.53 bits per heavy atom. The zero-order chi connectivity index (χ0) is 31.6.